The summed E-state index contributed by atoms with van der Waals surface area (Å²) < 4.78 is 5.06. The first-order chi connectivity index (χ1) is 11.6. The van der Waals surface area contributed by atoms with E-state index in [1.807, 2.05) is 41.3 Å². The van der Waals surface area contributed by atoms with Gasteiger partial charge in [-0.25, -0.2) is 0 Å². The largest absolute Gasteiger partial charge is 0.465 e. The van der Waals surface area contributed by atoms with Crippen molar-refractivity contribution in [2.75, 3.05) is 30.3 Å². The van der Waals surface area contributed by atoms with Crippen molar-refractivity contribution in [1.29, 1.82) is 5.26 Å². The molecule has 2 aromatic carbocycles. The third-order valence-corrected chi connectivity index (χ3v) is 3.62. The first-order valence-electron chi connectivity index (χ1n) is 7.87. The van der Waals surface area contributed by atoms with Crippen LogP contribution in [0, 0.1) is 11.3 Å². The molecular formula is C19H21N3O2. The number of nitrogens with two attached hydrogens (primary N) is 1. The van der Waals surface area contributed by atoms with Gasteiger partial charge in [-0.3, -0.25) is 4.79 Å². The maximum Gasteiger partial charge on any atom is 0.325 e. The Morgan fingerprint density at radius 3 is 2.67 bits per heavy atom. The zero-order valence-corrected chi connectivity index (χ0v) is 13.7. The van der Waals surface area contributed by atoms with E-state index in [9.17, 15) is 4.79 Å². The van der Waals surface area contributed by atoms with Crippen molar-refractivity contribution in [3.05, 3.63) is 59.7 Å². The highest BCUT2D eigenvalue weighted by molar-refractivity contribution is 5.76. The van der Waals surface area contributed by atoms with Crippen molar-refractivity contribution in [2.45, 2.75) is 13.3 Å². The molecule has 0 bridgehead atoms. The minimum atomic E-state index is -0.280. The number of hydrogen-bond donors (Lipinski definition) is 1. The number of nitriles is 1. The lowest BCUT2D eigenvalue weighted by Gasteiger charge is -2.24. The van der Waals surface area contributed by atoms with Crippen molar-refractivity contribution in [1.82, 2.24) is 0 Å². The number of nitrogen functional groups attached to an aromatic ring is 1. The van der Waals surface area contributed by atoms with E-state index >= 15 is 0 Å². The molecule has 0 atom stereocenters. The van der Waals surface area contributed by atoms with Gasteiger partial charge in [0.15, 0.2) is 0 Å². The van der Waals surface area contributed by atoms with E-state index in [0.717, 1.165) is 23.4 Å². The van der Waals surface area contributed by atoms with Crippen molar-refractivity contribution < 1.29 is 9.53 Å². The molecule has 0 spiro atoms. The number of hydrogen-bond acceptors (Lipinski definition) is 5. The Kier molecular flexibility index (Phi) is 6.21. The second-order valence-electron chi connectivity index (χ2n) is 5.38. The van der Waals surface area contributed by atoms with Gasteiger partial charge in [-0.1, -0.05) is 18.2 Å². The zero-order valence-electron chi connectivity index (χ0n) is 13.7. The summed E-state index contributed by atoms with van der Waals surface area (Å²) in [6.07, 6.45) is 0.760. The number of rotatable bonds is 7. The van der Waals surface area contributed by atoms with Gasteiger partial charge in [-0.2, -0.15) is 5.26 Å². The van der Waals surface area contributed by atoms with Crippen LogP contribution < -0.4 is 10.6 Å². The van der Waals surface area contributed by atoms with Crippen LogP contribution in [-0.2, 0) is 16.0 Å². The molecule has 0 amide bonds. The Labute approximate surface area is 142 Å². The first kappa shape index (κ1) is 17.4. The molecule has 0 heterocycles. The lowest BCUT2D eigenvalue weighted by Crippen LogP contribution is -2.32. The molecule has 0 fully saturated rings. The number of ether oxygens (including phenoxy) is 1. The van der Waals surface area contributed by atoms with Gasteiger partial charge >= 0.3 is 5.97 Å². The maximum atomic E-state index is 11.9. The molecule has 124 valence electrons. The van der Waals surface area contributed by atoms with Gasteiger partial charge in [0, 0.05) is 17.9 Å². The Hall–Kier alpha value is -3.00. The highest BCUT2D eigenvalue weighted by Gasteiger charge is 2.13. The van der Waals surface area contributed by atoms with Crippen LogP contribution >= 0.6 is 0 Å². The highest BCUT2D eigenvalue weighted by Crippen LogP contribution is 2.17. The summed E-state index contributed by atoms with van der Waals surface area (Å²) in [6.45, 7) is 2.92. The third-order valence-electron chi connectivity index (χ3n) is 3.62. The van der Waals surface area contributed by atoms with E-state index in [1.165, 1.54) is 0 Å². The van der Waals surface area contributed by atoms with Crippen LogP contribution in [0.1, 0.15) is 18.1 Å². The molecule has 0 radical (unpaired) electrons. The molecule has 0 aliphatic heterocycles. The van der Waals surface area contributed by atoms with Crippen LogP contribution in [0.5, 0.6) is 0 Å². The van der Waals surface area contributed by atoms with Crippen LogP contribution in [0.15, 0.2) is 48.5 Å². The summed E-state index contributed by atoms with van der Waals surface area (Å²) >= 11 is 0. The molecule has 0 aliphatic rings. The summed E-state index contributed by atoms with van der Waals surface area (Å²) in [6, 6.07) is 17.0. The molecule has 2 N–H and O–H groups in total. The number of carbonyl (C=O) groups excluding carboxylic acids is 1. The molecule has 5 nitrogen and oxygen atoms in total. The fourth-order valence-electron chi connectivity index (χ4n) is 2.38. The maximum absolute atomic E-state index is 11.9. The van der Waals surface area contributed by atoms with E-state index in [-0.39, 0.29) is 12.5 Å². The molecule has 0 saturated heterocycles. The molecule has 0 saturated carbocycles. The number of carbonyl (C=O) groups is 1. The summed E-state index contributed by atoms with van der Waals surface area (Å²) in [4.78, 5) is 13.8. The molecule has 24 heavy (non-hydrogen) atoms. The van der Waals surface area contributed by atoms with Gasteiger partial charge in [0.2, 0.25) is 0 Å². The Morgan fingerprint density at radius 2 is 2.00 bits per heavy atom. The number of benzene rings is 2. The number of nitrogens with zero attached hydrogens (tertiary/aromatic N) is 2. The fraction of sp³-hybridized carbons (Fsp3) is 0.263. The number of anilines is 2. The van der Waals surface area contributed by atoms with Gasteiger partial charge < -0.3 is 15.4 Å². The smallest absolute Gasteiger partial charge is 0.325 e. The fourth-order valence-corrected chi connectivity index (χ4v) is 2.38. The van der Waals surface area contributed by atoms with Crippen molar-refractivity contribution in [3.8, 4) is 6.07 Å². The molecule has 2 rings (SSSR count). The summed E-state index contributed by atoms with van der Waals surface area (Å²) in [7, 11) is 0. The summed E-state index contributed by atoms with van der Waals surface area (Å²) in [5.74, 6) is -0.280. The lowest BCUT2D eigenvalue weighted by molar-refractivity contribution is -0.141. The quantitative estimate of drug-likeness (QED) is 0.626. The predicted octanol–water partition coefficient (Wildman–Crippen LogP) is 2.75. The van der Waals surface area contributed by atoms with Crippen LogP contribution in [0.4, 0.5) is 11.4 Å². The van der Waals surface area contributed by atoms with Crippen LogP contribution in [0.25, 0.3) is 0 Å². The van der Waals surface area contributed by atoms with Gasteiger partial charge in [-0.15, -0.1) is 0 Å². The Bertz CT molecular complexity index is 720. The summed E-state index contributed by atoms with van der Waals surface area (Å²) in [5, 5.41) is 9.07. The molecular weight excluding hydrogens is 302 g/mol. The van der Waals surface area contributed by atoms with E-state index < -0.39 is 0 Å². The average molecular weight is 323 g/mol. The lowest BCUT2D eigenvalue weighted by atomic mass is 10.1. The minimum Gasteiger partial charge on any atom is -0.465 e. The van der Waals surface area contributed by atoms with E-state index in [2.05, 4.69) is 6.07 Å². The monoisotopic (exact) mass is 323 g/mol. The van der Waals surface area contributed by atoms with Gasteiger partial charge in [0.05, 0.1) is 18.2 Å². The van der Waals surface area contributed by atoms with E-state index in [0.29, 0.717) is 18.7 Å². The standard InChI is InChI=1S/C19H21N3O2/c1-2-24-19(23)14-22(18-5-3-4-16(12-18)13-20)11-10-15-6-8-17(21)9-7-15/h3-9,12H,2,10-11,14,21H2,1H3. The molecule has 0 aliphatic carbocycles. The van der Waals surface area contributed by atoms with E-state index in [1.54, 1.807) is 19.1 Å². The molecule has 0 aromatic heterocycles. The Morgan fingerprint density at radius 1 is 1.25 bits per heavy atom. The average Bonchev–Trinajstić information content (AvgIpc) is 2.60. The predicted molar refractivity (Wildman–Crippen MR) is 94.6 cm³/mol. The van der Waals surface area contributed by atoms with Crippen LogP contribution in [0.3, 0.4) is 0 Å². The first-order valence-corrected chi connectivity index (χ1v) is 7.87. The van der Waals surface area contributed by atoms with Crippen LogP contribution in [-0.4, -0.2) is 25.7 Å². The van der Waals surface area contributed by atoms with Gasteiger partial charge in [0.25, 0.3) is 0 Å². The second-order valence-corrected chi connectivity index (χ2v) is 5.38. The molecule has 2 aromatic rings. The van der Waals surface area contributed by atoms with E-state index in [4.69, 9.17) is 15.7 Å². The van der Waals surface area contributed by atoms with Crippen molar-refractivity contribution in [2.24, 2.45) is 0 Å². The number of esters is 1. The molecule has 5 heteroatoms. The second kappa shape index (κ2) is 8.59. The zero-order chi connectivity index (χ0) is 17.4. The van der Waals surface area contributed by atoms with Crippen molar-refractivity contribution in [3.63, 3.8) is 0 Å². The normalized spacial score (nSPS) is 10.0. The topological polar surface area (TPSA) is 79.3 Å². The van der Waals surface area contributed by atoms with Gasteiger partial charge in [0.1, 0.15) is 6.54 Å². The van der Waals surface area contributed by atoms with Gasteiger partial charge in [-0.05, 0) is 49.2 Å². The van der Waals surface area contributed by atoms with Crippen molar-refractivity contribution >= 4 is 17.3 Å². The summed E-state index contributed by atoms with van der Waals surface area (Å²) in [5.41, 5.74) is 8.96. The Balaban J connectivity index is 2.13. The SMILES string of the molecule is CCOC(=O)CN(CCc1ccc(N)cc1)c1cccc(C#N)c1. The minimum absolute atomic E-state index is 0.150. The third kappa shape index (κ3) is 5.03. The molecule has 0 unspecified atom stereocenters. The highest BCUT2D eigenvalue weighted by atomic mass is 16.5. The van der Waals surface area contributed by atoms with Crippen LogP contribution in [0.2, 0.25) is 0 Å².